The third-order valence-corrected chi connectivity index (χ3v) is 8.03. The van der Waals surface area contributed by atoms with Crippen LogP contribution in [-0.2, 0) is 9.59 Å². The fraction of sp³-hybridized carbons (Fsp3) is 0. The number of hydrogen-bond donors (Lipinski definition) is 0. The van der Waals surface area contributed by atoms with Crippen molar-refractivity contribution < 1.29 is 9.59 Å². The van der Waals surface area contributed by atoms with Gasteiger partial charge in [0.25, 0.3) is 0 Å². The molecule has 0 aromatic heterocycles. The maximum atomic E-state index is 13.9. The molecular formula is C42H28O2. The summed E-state index contributed by atoms with van der Waals surface area (Å²) in [5.74, 6) is -0.392. The average molecular weight is 565 g/mol. The second-order valence-electron chi connectivity index (χ2n) is 10.7. The Labute approximate surface area is 257 Å². The summed E-state index contributed by atoms with van der Waals surface area (Å²) in [6.07, 6.45) is 4.25. The lowest BCUT2D eigenvalue weighted by Crippen LogP contribution is -2.11. The Kier molecular flexibility index (Phi) is 7.24. The highest BCUT2D eigenvalue weighted by atomic mass is 16.1. The van der Waals surface area contributed by atoms with Crippen molar-refractivity contribution >= 4 is 17.1 Å². The van der Waals surface area contributed by atoms with Crippen molar-refractivity contribution in [3.8, 4) is 55.6 Å². The number of hydrogen-bond acceptors (Lipinski definition) is 2. The molecule has 2 nitrogen and oxygen atoms in total. The van der Waals surface area contributed by atoms with Crippen molar-refractivity contribution in [3.63, 3.8) is 0 Å². The topological polar surface area (TPSA) is 34.1 Å². The van der Waals surface area contributed by atoms with Crippen LogP contribution in [-0.4, -0.2) is 11.6 Å². The Hall–Kier alpha value is -5.86. The standard InChI is InChI=1S/C42H28O2/c43-34-26-27-36(44)35(28-34)42-40(32-22-12-4-13-23-32)38(30-18-8-2-9-19-30)37(29-16-6-1-7-17-29)39(31-20-10-3-11-21-31)41(42)33-24-14-5-15-25-33/h1-28H. The number of rotatable bonds is 6. The van der Waals surface area contributed by atoms with Crippen LogP contribution in [0, 0.1) is 0 Å². The Balaban J connectivity index is 1.82. The summed E-state index contributed by atoms with van der Waals surface area (Å²) in [5.41, 5.74) is 11.1. The summed E-state index contributed by atoms with van der Waals surface area (Å²) in [4.78, 5) is 26.8. The molecule has 6 aromatic rings. The predicted molar refractivity (Wildman–Crippen MR) is 181 cm³/mol. The van der Waals surface area contributed by atoms with Crippen LogP contribution in [0.1, 0.15) is 5.56 Å². The molecule has 0 bridgehead atoms. The van der Waals surface area contributed by atoms with Crippen LogP contribution in [0.4, 0.5) is 0 Å². The third kappa shape index (κ3) is 4.93. The summed E-state index contributed by atoms with van der Waals surface area (Å²) in [7, 11) is 0. The molecule has 1 aliphatic rings. The molecule has 0 radical (unpaired) electrons. The molecule has 44 heavy (non-hydrogen) atoms. The highest BCUT2D eigenvalue weighted by molar-refractivity contribution is 6.37. The van der Waals surface area contributed by atoms with Gasteiger partial charge in [0.2, 0.25) is 0 Å². The van der Waals surface area contributed by atoms with Gasteiger partial charge < -0.3 is 0 Å². The van der Waals surface area contributed by atoms with E-state index >= 15 is 0 Å². The van der Waals surface area contributed by atoms with Crippen LogP contribution < -0.4 is 0 Å². The van der Waals surface area contributed by atoms with E-state index < -0.39 is 0 Å². The van der Waals surface area contributed by atoms with Crippen LogP contribution >= 0.6 is 0 Å². The lowest BCUT2D eigenvalue weighted by molar-refractivity contribution is -0.113. The maximum Gasteiger partial charge on any atom is 0.186 e. The third-order valence-electron chi connectivity index (χ3n) is 8.03. The summed E-state index contributed by atoms with van der Waals surface area (Å²) < 4.78 is 0. The molecule has 0 unspecified atom stereocenters. The lowest BCUT2D eigenvalue weighted by Gasteiger charge is -2.29. The molecule has 1 aliphatic carbocycles. The minimum Gasteiger partial charge on any atom is -0.290 e. The number of carbonyl (C=O) groups excluding carboxylic acids is 2. The first-order valence-electron chi connectivity index (χ1n) is 14.7. The molecule has 208 valence electrons. The largest absolute Gasteiger partial charge is 0.290 e. The zero-order valence-corrected chi connectivity index (χ0v) is 24.0. The SMILES string of the molecule is O=C1C=CC(=O)C(c2c(-c3ccccc3)c(-c3ccccc3)c(-c3ccccc3)c(-c3ccccc3)c2-c2ccccc2)=C1. The fourth-order valence-electron chi connectivity index (χ4n) is 6.19. The molecular weight excluding hydrogens is 536 g/mol. The van der Waals surface area contributed by atoms with Crippen molar-refractivity contribution in [1.82, 2.24) is 0 Å². The van der Waals surface area contributed by atoms with E-state index in [1.54, 1.807) is 0 Å². The highest BCUT2D eigenvalue weighted by Crippen LogP contribution is 2.54. The molecule has 0 saturated carbocycles. The van der Waals surface area contributed by atoms with Crippen molar-refractivity contribution in [2.24, 2.45) is 0 Å². The van der Waals surface area contributed by atoms with Gasteiger partial charge in [0.05, 0.1) is 0 Å². The summed E-state index contributed by atoms with van der Waals surface area (Å²) in [6.45, 7) is 0. The van der Waals surface area contributed by atoms with E-state index in [1.165, 1.54) is 18.2 Å². The first-order valence-corrected chi connectivity index (χ1v) is 14.7. The van der Waals surface area contributed by atoms with Gasteiger partial charge in [0.1, 0.15) is 0 Å². The summed E-state index contributed by atoms with van der Waals surface area (Å²) in [5, 5.41) is 0. The molecule has 7 rings (SSSR count). The molecule has 0 saturated heterocycles. The van der Waals surface area contributed by atoms with E-state index in [0.717, 1.165) is 61.2 Å². The number of carbonyl (C=O) groups is 2. The normalized spacial score (nSPS) is 12.7. The van der Waals surface area contributed by atoms with Gasteiger partial charge in [0.15, 0.2) is 11.6 Å². The van der Waals surface area contributed by atoms with E-state index in [2.05, 4.69) is 72.8 Å². The van der Waals surface area contributed by atoms with Gasteiger partial charge in [-0.3, -0.25) is 9.59 Å². The summed E-state index contributed by atoms with van der Waals surface area (Å²) in [6, 6.07) is 51.6. The number of benzene rings is 6. The number of allylic oxidation sites excluding steroid dienone is 4. The van der Waals surface area contributed by atoms with Crippen molar-refractivity contribution in [2.75, 3.05) is 0 Å². The van der Waals surface area contributed by atoms with E-state index in [4.69, 9.17) is 0 Å². The second kappa shape index (κ2) is 11.8. The Bertz CT molecular complexity index is 1940. The minimum atomic E-state index is -0.202. The average Bonchev–Trinajstić information content (AvgIpc) is 3.10. The van der Waals surface area contributed by atoms with Crippen LogP contribution in [0.25, 0.3) is 61.2 Å². The lowest BCUT2D eigenvalue weighted by atomic mass is 9.73. The highest BCUT2D eigenvalue weighted by Gasteiger charge is 2.31. The zero-order chi connectivity index (χ0) is 29.9. The second-order valence-corrected chi connectivity index (χ2v) is 10.7. The van der Waals surface area contributed by atoms with Gasteiger partial charge in [0, 0.05) is 11.1 Å². The van der Waals surface area contributed by atoms with Gasteiger partial charge in [-0.25, -0.2) is 0 Å². The molecule has 0 aliphatic heterocycles. The van der Waals surface area contributed by atoms with Gasteiger partial charge in [-0.15, -0.1) is 0 Å². The Morgan fingerprint density at radius 1 is 0.295 bits per heavy atom. The van der Waals surface area contributed by atoms with Crippen LogP contribution in [0.3, 0.4) is 0 Å². The van der Waals surface area contributed by atoms with Crippen LogP contribution in [0.5, 0.6) is 0 Å². The first kappa shape index (κ1) is 27.0. The molecule has 0 spiro atoms. The van der Waals surface area contributed by atoms with Gasteiger partial charge in [-0.2, -0.15) is 0 Å². The number of ketones is 2. The van der Waals surface area contributed by atoms with Crippen molar-refractivity contribution in [2.45, 2.75) is 0 Å². The fourth-order valence-corrected chi connectivity index (χ4v) is 6.19. The van der Waals surface area contributed by atoms with E-state index in [1.807, 2.05) is 78.9 Å². The van der Waals surface area contributed by atoms with Crippen molar-refractivity contribution in [1.29, 1.82) is 0 Å². The molecule has 0 heterocycles. The zero-order valence-electron chi connectivity index (χ0n) is 24.0. The monoisotopic (exact) mass is 564 g/mol. The predicted octanol–water partition coefficient (Wildman–Crippen LogP) is 10.1. The van der Waals surface area contributed by atoms with E-state index in [-0.39, 0.29) is 11.6 Å². The molecule has 6 aromatic carbocycles. The first-order chi connectivity index (χ1) is 21.7. The van der Waals surface area contributed by atoms with Crippen LogP contribution in [0.2, 0.25) is 0 Å². The molecule has 0 atom stereocenters. The van der Waals surface area contributed by atoms with Crippen LogP contribution in [0.15, 0.2) is 170 Å². The van der Waals surface area contributed by atoms with Gasteiger partial charge in [-0.05, 0) is 73.9 Å². The van der Waals surface area contributed by atoms with E-state index in [9.17, 15) is 9.59 Å². The minimum absolute atomic E-state index is 0.190. The van der Waals surface area contributed by atoms with Crippen molar-refractivity contribution in [3.05, 3.63) is 175 Å². The Morgan fingerprint density at radius 2 is 0.568 bits per heavy atom. The summed E-state index contributed by atoms with van der Waals surface area (Å²) >= 11 is 0. The molecule has 2 heteroatoms. The molecule has 0 fully saturated rings. The van der Waals surface area contributed by atoms with Gasteiger partial charge in [-0.1, -0.05) is 152 Å². The smallest absolute Gasteiger partial charge is 0.186 e. The van der Waals surface area contributed by atoms with E-state index in [0.29, 0.717) is 5.57 Å². The van der Waals surface area contributed by atoms with Gasteiger partial charge >= 0.3 is 0 Å². The maximum absolute atomic E-state index is 13.9. The Morgan fingerprint density at radius 3 is 0.864 bits per heavy atom. The molecule has 0 N–H and O–H groups in total. The molecule has 0 amide bonds. The quantitative estimate of drug-likeness (QED) is 0.189.